The lowest BCUT2D eigenvalue weighted by Crippen LogP contribution is -2.41. The van der Waals surface area contributed by atoms with E-state index < -0.39 is 12.3 Å². The number of ether oxygens (including phenoxy) is 1. The zero-order valence-electron chi connectivity index (χ0n) is 20.0. The molecule has 3 aromatic rings. The minimum absolute atomic E-state index is 0.0538. The van der Waals surface area contributed by atoms with Crippen LogP contribution in [0.15, 0.2) is 30.6 Å². The number of halogens is 2. The highest BCUT2D eigenvalue weighted by molar-refractivity contribution is 6.32. The summed E-state index contributed by atoms with van der Waals surface area (Å²) in [6.45, 7) is 3.76. The molecule has 3 atom stereocenters. The smallest absolute Gasteiger partial charge is 0.227 e. The first-order valence-corrected chi connectivity index (χ1v) is 12.5. The lowest BCUT2D eigenvalue weighted by Gasteiger charge is -2.38. The number of aromatic nitrogens is 3. The van der Waals surface area contributed by atoms with Gasteiger partial charge in [0.2, 0.25) is 5.91 Å². The Kier molecular flexibility index (Phi) is 6.55. The highest BCUT2D eigenvalue weighted by Gasteiger charge is 2.34. The van der Waals surface area contributed by atoms with Crippen molar-refractivity contribution in [3.05, 3.63) is 57.9 Å². The summed E-state index contributed by atoms with van der Waals surface area (Å²) in [4.78, 5) is 19.8. The van der Waals surface area contributed by atoms with Gasteiger partial charge in [0.15, 0.2) is 11.9 Å². The molecule has 1 aromatic carbocycles. The summed E-state index contributed by atoms with van der Waals surface area (Å²) in [5, 5.41) is 16.2. The molecule has 0 spiro atoms. The van der Waals surface area contributed by atoms with Crippen LogP contribution in [0.25, 0.3) is 11.0 Å². The molecule has 1 N–H and O–H groups in total. The predicted octanol–water partition coefficient (Wildman–Crippen LogP) is 4.65. The Morgan fingerprint density at radius 2 is 2.17 bits per heavy atom. The van der Waals surface area contributed by atoms with E-state index in [4.69, 9.17) is 16.3 Å². The van der Waals surface area contributed by atoms with Gasteiger partial charge in [0, 0.05) is 24.7 Å². The second-order valence-electron chi connectivity index (χ2n) is 9.70. The quantitative estimate of drug-likeness (QED) is 0.551. The molecule has 186 valence electrons. The van der Waals surface area contributed by atoms with Crippen molar-refractivity contribution < 1.29 is 19.0 Å². The molecule has 0 saturated carbocycles. The molecule has 1 saturated heterocycles. The Bertz CT molecular complexity index is 1250. The number of hydrogen-bond acceptors (Lipinski definition) is 5. The Balaban J connectivity index is 1.42. The van der Waals surface area contributed by atoms with E-state index in [2.05, 4.69) is 10.1 Å². The van der Waals surface area contributed by atoms with Gasteiger partial charge < -0.3 is 14.7 Å². The van der Waals surface area contributed by atoms with Crippen molar-refractivity contribution in [1.82, 2.24) is 19.7 Å². The Morgan fingerprint density at radius 3 is 2.91 bits per heavy atom. The topological polar surface area (TPSA) is 80.5 Å². The first-order chi connectivity index (χ1) is 16.8. The zero-order valence-corrected chi connectivity index (χ0v) is 20.8. The highest BCUT2D eigenvalue weighted by Crippen LogP contribution is 2.37. The van der Waals surface area contributed by atoms with Crippen LogP contribution in [-0.2, 0) is 28.0 Å². The van der Waals surface area contributed by atoms with Gasteiger partial charge in [0.05, 0.1) is 23.7 Å². The molecule has 2 aromatic heterocycles. The Morgan fingerprint density at radius 1 is 1.34 bits per heavy atom. The molecule has 0 aliphatic carbocycles. The summed E-state index contributed by atoms with van der Waals surface area (Å²) in [5.74, 6) is -0.0538. The monoisotopic (exact) mass is 500 g/mol. The summed E-state index contributed by atoms with van der Waals surface area (Å²) in [7, 11) is 0. The molecule has 2 aliphatic heterocycles. The molecule has 2 aliphatic rings. The standard InChI is InChI=1S/C26H30ClFN4O3/c1-16-17-6-5-7-21(26(2,34)15-28)18(17)9-10-31(16)23(33)12-19-20-13-30-32(24-8-3-4-11-35-24)25(20)29-14-22(19)27/h5-7,13-14,16,24,34H,3-4,8-12,15H2,1-2H3/t16-,24?,26+/m0/s1. The van der Waals surface area contributed by atoms with Crippen molar-refractivity contribution in [3.63, 3.8) is 0 Å². The molecule has 0 bridgehead atoms. The number of carbonyl (C=O) groups excluding carboxylic acids is 1. The molecular formula is C26H30ClFN4O3. The average molecular weight is 501 g/mol. The second kappa shape index (κ2) is 9.48. The largest absolute Gasteiger partial charge is 0.383 e. The Hall–Kier alpha value is -2.55. The molecule has 1 fully saturated rings. The van der Waals surface area contributed by atoms with E-state index in [-0.39, 0.29) is 24.6 Å². The molecule has 1 unspecified atom stereocenters. The lowest BCUT2D eigenvalue weighted by molar-refractivity contribution is -0.133. The number of alkyl halides is 1. The third-order valence-electron chi connectivity index (χ3n) is 7.33. The van der Waals surface area contributed by atoms with Gasteiger partial charge in [-0.2, -0.15) is 5.10 Å². The molecule has 7 nitrogen and oxygen atoms in total. The fourth-order valence-corrected chi connectivity index (χ4v) is 5.59. The van der Waals surface area contributed by atoms with Crippen LogP contribution in [0.4, 0.5) is 4.39 Å². The number of aliphatic hydroxyl groups is 1. The number of carbonyl (C=O) groups is 1. The first-order valence-electron chi connectivity index (χ1n) is 12.1. The van der Waals surface area contributed by atoms with E-state index in [1.165, 1.54) is 6.92 Å². The van der Waals surface area contributed by atoms with Crippen LogP contribution in [-0.4, -0.2) is 50.5 Å². The van der Waals surface area contributed by atoms with Gasteiger partial charge in [0.1, 0.15) is 12.3 Å². The van der Waals surface area contributed by atoms with Crippen molar-refractivity contribution in [2.75, 3.05) is 19.8 Å². The van der Waals surface area contributed by atoms with Crippen LogP contribution in [0.1, 0.15) is 67.6 Å². The maximum Gasteiger partial charge on any atom is 0.227 e. The summed E-state index contributed by atoms with van der Waals surface area (Å²) in [5.41, 5.74) is 2.27. The van der Waals surface area contributed by atoms with E-state index in [9.17, 15) is 14.3 Å². The number of amides is 1. The third kappa shape index (κ3) is 4.32. The van der Waals surface area contributed by atoms with Crippen molar-refractivity contribution in [1.29, 1.82) is 0 Å². The fraction of sp³-hybridized carbons (Fsp3) is 0.500. The van der Waals surface area contributed by atoms with Gasteiger partial charge in [-0.15, -0.1) is 0 Å². The van der Waals surface area contributed by atoms with Gasteiger partial charge in [0.25, 0.3) is 0 Å². The normalized spacial score (nSPS) is 22.1. The minimum Gasteiger partial charge on any atom is -0.383 e. The van der Waals surface area contributed by atoms with Crippen molar-refractivity contribution in [2.24, 2.45) is 0 Å². The van der Waals surface area contributed by atoms with E-state index in [1.54, 1.807) is 23.1 Å². The van der Waals surface area contributed by atoms with Gasteiger partial charge in [-0.3, -0.25) is 4.79 Å². The number of nitrogens with zero attached hydrogens (tertiary/aromatic N) is 4. The van der Waals surface area contributed by atoms with Crippen LogP contribution < -0.4 is 0 Å². The van der Waals surface area contributed by atoms with Crippen LogP contribution in [0.2, 0.25) is 5.02 Å². The van der Waals surface area contributed by atoms with E-state index in [1.807, 2.05) is 24.0 Å². The number of fused-ring (bicyclic) bond motifs is 2. The third-order valence-corrected chi connectivity index (χ3v) is 7.66. The van der Waals surface area contributed by atoms with Crippen LogP contribution >= 0.6 is 11.6 Å². The zero-order chi connectivity index (χ0) is 24.7. The van der Waals surface area contributed by atoms with Crippen LogP contribution in [0, 0.1) is 0 Å². The average Bonchev–Trinajstić information content (AvgIpc) is 3.30. The Labute approximate surface area is 208 Å². The van der Waals surface area contributed by atoms with Gasteiger partial charge >= 0.3 is 0 Å². The van der Waals surface area contributed by atoms with Crippen molar-refractivity contribution >= 4 is 28.5 Å². The molecule has 9 heteroatoms. The van der Waals surface area contributed by atoms with Gasteiger partial charge in [-0.05, 0) is 61.8 Å². The number of pyridine rings is 1. The summed E-state index contributed by atoms with van der Waals surface area (Å²) >= 11 is 6.52. The molecule has 0 radical (unpaired) electrons. The summed E-state index contributed by atoms with van der Waals surface area (Å²) in [6.07, 6.45) is 6.79. The first kappa shape index (κ1) is 24.2. The van der Waals surface area contributed by atoms with Gasteiger partial charge in [-0.25, -0.2) is 14.1 Å². The van der Waals surface area contributed by atoms with E-state index in [0.717, 1.165) is 35.8 Å². The van der Waals surface area contributed by atoms with Crippen molar-refractivity contribution in [2.45, 2.75) is 63.8 Å². The molecular weight excluding hydrogens is 471 g/mol. The van der Waals surface area contributed by atoms with Gasteiger partial charge in [-0.1, -0.05) is 29.8 Å². The lowest BCUT2D eigenvalue weighted by atomic mass is 9.83. The molecule has 1 amide bonds. The second-order valence-corrected chi connectivity index (χ2v) is 10.1. The molecule has 5 rings (SSSR count). The van der Waals surface area contributed by atoms with Crippen molar-refractivity contribution in [3.8, 4) is 0 Å². The molecule has 35 heavy (non-hydrogen) atoms. The van der Waals surface area contributed by atoms with Crippen LogP contribution in [0.5, 0.6) is 0 Å². The summed E-state index contributed by atoms with van der Waals surface area (Å²) < 4.78 is 21.2. The fourth-order valence-electron chi connectivity index (χ4n) is 5.37. The number of benzene rings is 1. The number of hydrogen-bond donors (Lipinski definition) is 1. The summed E-state index contributed by atoms with van der Waals surface area (Å²) in [6, 6.07) is 5.32. The minimum atomic E-state index is -1.55. The van der Waals surface area contributed by atoms with E-state index in [0.29, 0.717) is 41.4 Å². The number of rotatable bonds is 5. The highest BCUT2D eigenvalue weighted by atomic mass is 35.5. The van der Waals surface area contributed by atoms with E-state index >= 15 is 0 Å². The maximum atomic E-state index is 13.5. The van der Waals surface area contributed by atoms with Crippen LogP contribution in [0.3, 0.4) is 0 Å². The molecule has 4 heterocycles. The predicted molar refractivity (Wildman–Crippen MR) is 131 cm³/mol. The SMILES string of the molecule is C[C@H]1c2cccc([C@](C)(O)CF)c2CCN1C(=O)Cc1c(Cl)cnc2c1cnn2C1CCCCO1. The maximum absolute atomic E-state index is 13.5.